The Morgan fingerprint density at radius 3 is 2.65 bits per heavy atom. The molecule has 1 heterocycles. The molecule has 144 valence electrons. The van der Waals surface area contributed by atoms with Crippen molar-refractivity contribution in [2.24, 2.45) is 10.9 Å². The monoisotopic (exact) mass is 362 g/mol. The van der Waals surface area contributed by atoms with Crippen LogP contribution in [-0.4, -0.2) is 59.5 Å². The van der Waals surface area contributed by atoms with Crippen molar-refractivity contribution in [1.29, 1.82) is 0 Å². The molecule has 1 saturated carbocycles. The van der Waals surface area contributed by atoms with Crippen LogP contribution < -0.4 is 5.32 Å². The summed E-state index contributed by atoms with van der Waals surface area (Å²) in [6.07, 6.45) is 10.6. The average molecular weight is 362 g/mol. The van der Waals surface area contributed by atoms with E-state index in [1.807, 2.05) is 6.92 Å². The number of carbonyl (C=O) groups excluding carboxylic acids is 3. The van der Waals surface area contributed by atoms with Gasteiger partial charge in [-0.2, -0.15) is 0 Å². The smallest absolute Gasteiger partial charge is 0.248 e. The fraction of sp³-hybridized carbons (Fsp3) is 0.684. The van der Waals surface area contributed by atoms with Gasteiger partial charge in [-0.1, -0.05) is 38.2 Å². The Morgan fingerprint density at radius 2 is 2.04 bits per heavy atom. The second kappa shape index (κ2) is 10.1. The molecular weight excluding hydrogens is 332 g/mol. The summed E-state index contributed by atoms with van der Waals surface area (Å²) in [5.74, 6) is 0.626. The summed E-state index contributed by atoms with van der Waals surface area (Å²) in [5.41, 5.74) is 0. The summed E-state index contributed by atoms with van der Waals surface area (Å²) in [6.45, 7) is 4.50. The van der Waals surface area contributed by atoms with E-state index in [1.54, 1.807) is 24.1 Å². The van der Waals surface area contributed by atoms with Crippen LogP contribution >= 0.6 is 0 Å². The number of carbonyl (C=O) groups is 3. The van der Waals surface area contributed by atoms with E-state index in [1.165, 1.54) is 24.2 Å². The molecule has 7 heteroatoms. The van der Waals surface area contributed by atoms with Gasteiger partial charge in [0.25, 0.3) is 0 Å². The van der Waals surface area contributed by atoms with Crippen LogP contribution in [0.5, 0.6) is 0 Å². The third-order valence-corrected chi connectivity index (χ3v) is 5.12. The molecule has 3 amide bonds. The standard InChI is InChI=1S/C19H30N4O3/c1-3-9-20-15(2)21-19(26)17(12-16-7-5-4-6-8-16)23-11-10-22(14-24)13-18(23)25/h3,9,14,16-17H,4-8,10-13H2,1-2H3,(H,20,21,26)/b9-3-/t17-/m0/s1. The maximum Gasteiger partial charge on any atom is 0.248 e. The van der Waals surface area contributed by atoms with Crippen LogP contribution in [0.25, 0.3) is 0 Å². The highest BCUT2D eigenvalue weighted by molar-refractivity contribution is 6.01. The lowest BCUT2D eigenvalue weighted by atomic mass is 9.84. The van der Waals surface area contributed by atoms with Gasteiger partial charge in [-0.25, -0.2) is 4.99 Å². The summed E-state index contributed by atoms with van der Waals surface area (Å²) in [4.78, 5) is 43.6. The number of amides is 3. The highest BCUT2D eigenvalue weighted by Crippen LogP contribution is 2.29. The van der Waals surface area contributed by atoms with E-state index in [4.69, 9.17) is 0 Å². The Hall–Kier alpha value is -2.18. The van der Waals surface area contributed by atoms with Crippen LogP contribution in [0.15, 0.2) is 17.3 Å². The van der Waals surface area contributed by atoms with Crippen LogP contribution in [0.2, 0.25) is 0 Å². The summed E-state index contributed by atoms with van der Waals surface area (Å²) < 4.78 is 0. The average Bonchev–Trinajstić information content (AvgIpc) is 2.65. The zero-order valence-electron chi connectivity index (χ0n) is 15.8. The van der Waals surface area contributed by atoms with Crippen LogP contribution in [0.4, 0.5) is 0 Å². The molecule has 0 aromatic carbocycles. The molecule has 26 heavy (non-hydrogen) atoms. The highest BCUT2D eigenvalue weighted by atomic mass is 16.2. The van der Waals surface area contributed by atoms with Gasteiger partial charge in [-0.15, -0.1) is 0 Å². The predicted molar refractivity (Wildman–Crippen MR) is 100 cm³/mol. The molecule has 7 nitrogen and oxygen atoms in total. The van der Waals surface area contributed by atoms with Crippen molar-refractivity contribution in [2.75, 3.05) is 19.6 Å². The molecule has 1 N–H and O–H groups in total. The first kappa shape index (κ1) is 20.1. The number of aliphatic imine (C=N–C) groups is 1. The predicted octanol–water partition coefficient (Wildman–Crippen LogP) is 1.69. The zero-order chi connectivity index (χ0) is 18.9. The van der Waals surface area contributed by atoms with E-state index in [-0.39, 0.29) is 18.4 Å². The lowest BCUT2D eigenvalue weighted by Gasteiger charge is -2.38. The number of hydrogen-bond donors (Lipinski definition) is 1. The molecule has 0 aromatic rings. The molecule has 1 aliphatic heterocycles. The first-order valence-electron chi connectivity index (χ1n) is 9.50. The Labute approximate surface area is 155 Å². The Morgan fingerprint density at radius 1 is 1.31 bits per heavy atom. The molecule has 0 aromatic heterocycles. The van der Waals surface area contributed by atoms with E-state index in [2.05, 4.69) is 10.3 Å². The Balaban J connectivity index is 2.11. The van der Waals surface area contributed by atoms with Gasteiger partial charge in [0, 0.05) is 19.3 Å². The molecule has 0 spiro atoms. The zero-order valence-corrected chi connectivity index (χ0v) is 15.8. The van der Waals surface area contributed by atoms with E-state index < -0.39 is 6.04 Å². The van der Waals surface area contributed by atoms with Crippen molar-refractivity contribution in [3.05, 3.63) is 12.3 Å². The summed E-state index contributed by atoms with van der Waals surface area (Å²) in [7, 11) is 0. The van der Waals surface area contributed by atoms with Crippen LogP contribution in [-0.2, 0) is 14.4 Å². The molecule has 0 unspecified atom stereocenters. The maximum atomic E-state index is 12.9. The molecule has 2 aliphatic rings. The van der Waals surface area contributed by atoms with Gasteiger partial charge in [-0.3, -0.25) is 14.4 Å². The van der Waals surface area contributed by atoms with Crippen molar-refractivity contribution in [1.82, 2.24) is 15.1 Å². The largest absolute Gasteiger partial charge is 0.334 e. The van der Waals surface area contributed by atoms with Gasteiger partial charge in [0.15, 0.2) is 0 Å². The van der Waals surface area contributed by atoms with Gasteiger partial charge in [-0.05, 0) is 26.2 Å². The fourth-order valence-electron chi connectivity index (χ4n) is 3.72. The van der Waals surface area contributed by atoms with Gasteiger partial charge in [0.2, 0.25) is 18.2 Å². The molecule has 0 radical (unpaired) electrons. The SMILES string of the molecule is C/C=C\N=C(C)NC(=O)[C@H](CC1CCCCC1)N1CCN(C=O)CC1=O. The number of amidine groups is 1. The lowest BCUT2D eigenvalue weighted by Crippen LogP contribution is -2.58. The van der Waals surface area contributed by atoms with Crippen LogP contribution in [0.1, 0.15) is 52.4 Å². The number of nitrogens with zero attached hydrogens (tertiary/aromatic N) is 3. The van der Waals surface area contributed by atoms with Crippen molar-refractivity contribution >= 4 is 24.1 Å². The summed E-state index contributed by atoms with van der Waals surface area (Å²) in [6, 6.07) is -0.504. The van der Waals surface area contributed by atoms with Gasteiger partial charge < -0.3 is 15.1 Å². The van der Waals surface area contributed by atoms with E-state index in [0.717, 1.165) is 12.8 Å². The lowest BCUT2D eigenvalue weighted by molar-refractivity contribution is -0.147. The minimum Gasteiger partial charge on any atom is -0.334 e. The minimum atomic E-state index is -0.504. The summed E-state index contributed by atoms with van der Waals surface area (Å²) >= 11 is 0. The third-order valence-electron chi connectivity index (χ3n) is 5.12. The van der Waals surface area contributed by atoms with Crippen molar-refractivity contribution in [3.63, 3.8) is 0 Å². The van der Waals surface area contributed by atoms with Crippen molar-refractivity contribution in [2.45, 2.75) is 58.4 Å². The number of nitrogens with one attached hydrogen (secondary N) is 1. The second-order valence-corrected chi connectivity index (χ2v) is 7.10. The molecule has 1 atom stereocenters. The number of piperazine rings is 1. The van der Waals surface area contributed by atoms with Crippen molar-refractivity contribution < 1.29 is 14.4 Å². The van der Waals surface area contributed by atoms with Crippen LogP contribution in [0, 0.1) is 5.92 Å². The summed E-state index contributed by atoms with van der Waals surface area (Å²) in [5, 5.41) is 2.83. The first-order chi connectivity index (χ1) is 12.5. The molecule has 2 rings (SSSR count). The second-order valence-electron chi connectivity index (χ2n) is 7.10. The Bertz CT molecular complexity index is 567. The van der Waals surface area contributed by atoms with Crippen molar-refractivity contribution in [3.8, 4) is 0 Å². The third kappa shape index (κ3) is 5.68. The maximum absolute atomic E-state index is 12.9. The van der Waals surface area contributed by atoms with Gasteiger partial charge in [0.05, 0.1) is 6.54 Å². The Kier molecular flexibility index (Phi) is 7.81. The van der Waals surface area contributed by atoms with E-state index in [0.29, 0.717) is 37.7 Å². The number of allylic oxidation sites excluding steroid dienone is 1. The van der Waals surface area contributed by atoms with E-state index in [9.17, 15) is 14.4 Å². The molecular formula is C19H30N4O3. The number of rotatable bonds is 6. The molecule has 1 aliphatic carbocycles. The number of hydrogen-bond acceptors (Lipinski definition) is 4. The van der Waals surface area contributed by atoms with Gasteiger partial charge >= 0.3 is 0 Å². The molecule has 2 fully saturated rings. The fourth-order valence-corrected chi connectivity index (χ4v) is 3.72. The quantitative estimate of drug-likeness (QED) is 0.443. The highest BCUT2D eigenvalue weighted by Gasteiger charge is 2.35. The molecule has 0 bridgehead atoms. The van der Waals surface area contributed by atoms with E-state index >= 15 is 0 Å². The normalized spacial score (nSPS) is 21.2. The first-order valence-corrected chi connectivity index (χ1v) is 9.50. The topological polar surface area (TPSA) is 82.1 Å². The van der Waals surface area contributed by atoms with Gasteiger partial charge in [0.1, 0.15) is 11.9 Å². The molecule has 1 saturated heterocycles. The van der Waals surface area contributed by atoms with Crippen LogP contribution in [0.3, 0.4) is 0 Å². The minimum absolute atomic E-state index is 0.0452.